The third kappa shape index (κ3) is 2.15. The van der Waals surface area contributed by atoms with Gasteiger partial charge < -0.3 is 5.11 Å². The molecule has 0 aromatic heterocycles. The number of ketones is 1. The van der Waals surface area contributed by atoms with Gasteiger partial charge in [-0.2, -0.15) is 0 Å². The van der Waals surface area contributed by atoms with Gasteiger partial charge in [0.15, 0.2) is 12.1 Å². The maximum atomic E-state index is 11.5. The fourth-order valence-electron chi connectivity index (χ4n) is 1.86. The number of Topliss-reactive ketones (excluding diaryl/α,β-unsaturated/α-hetero) is 1. The van der Waals surface area contributed by atoms with E-state index in [4.69, 9.17) is 0 Å². The second-order valence-corrected chi connectivity index (χ2v) is 3.99. The summed E-state index contributed by atoms with van der Waals surface area (Å²) in [4.78, 5) is 22.3. The summed E-state index contributed by atoms with van der Waals surface area (Å²) < 4.78 is 0. The predicted molar refractivity (Wildman–Crippen MR) is 68.9 cm³/mol. The summed E-state index contributed by atoms with van der Waals surface area (Å²) >= 11 is 0. The topological polar surface area (TPSA) is 54.4 Å². The van der Waals surface area contributed by atoms with Crippen molar-refractivity contribution in [1.29, 1.82) is 0 Å². The lowest BCUT2D eigenvalue weighted by atomic mass is 9.96. The Bertz CT molecular complexity index is 615. The van der Waals surface area contributed by atoms with Gasteiger partial charge in [0.2, 0.25) is 0 Å². The van der Waals surface area contributed by atoms with Gasteiger partial charge in [0.1, 0.15) is 5.75 Å². The van der Waals surface area contributed by atoms with Crippen LogP contribution in [0, 0.1) is 0 Å². The first-order valence-electron chi connectivity index (χ1n) is 5.52. The summed E-state index contributed by atoms with van der Waals surface area (Å²) in [5.74, 6) is -0.0969. The molecule has 0 aliphatic rings. The van der Waals surface area contributed by atoms with Crippen LogP contribution < -0.4 is 0 Å². The number of aromatic hydroxyl groups is 1. The van der Waals surface area contributed by atoms with E-state index in [9.17, 15) is 14.7 Å². The van der Waals surface area contributed by atoms with Crippen LogP contribution in [-0.2, 0) is 0 Å². The molecule has 0 aliphatic heterocycles. The Morgan fingerprint density at radius 1 is 1.17 bits per heavy atom. The molecular weight excluding hydrogens is 228 g/mol. The van der Waals surface area contributed by atoms with E-state index in [2.05, 4.69) is 0 Å². The molecule has 18 heavy (non-hydrogen) atoms. The molecule has 0 spiro atoms. The molecule has 0 saturated carbocycles. The average molecular weight is 240 g/mol. The second-order valence-electron chi connectivity index (χ2n) is 3.99. The number of carbonyl (C=O) groups excluding carboxylic acids is 2. The van der Waals surface area contributed by atoms with Crippen LogP contribution in [0.25, 0.3) is 11.1 Å². The molecule has 0 atom stereocenters. The van der Waals surface area contributed by atoms with Crippen LogP contribution in [0.3, 0.4) is 0 Å². The van der Waals surface area contributed by atoms with Crippen LogP contribution in [-0.4, -0.2) is 17.2 Å². The molecule has 2 aromatic rings. The van der Waals surface area contributed by atoms with E-state index in [-0.39, 0.29) is 17.1 Å². The van der Waals surface area contributed by atoms with Crippen molar-refractivity contribution in [3.05, 3.63) is 53.6 Å². The lowest BCUT2D eigenvalue weighted by Gasteiger charge is -2.08. The largest absolute Gasteiger partial charge is 0.507 e. The molecule has 1 N–H and O–H groups in total. The minimum Gasteiger partial charge on any atom is -0.507 e. The van der Waals surface area contributed by atoms with Gasteiger partial charge in [-0.15, -0.1) is 0 Å². The zero-order valence-corrected chi connectivity index (χ0v) is 9.88. The Balaban J connectivity index is 2.62. The van der Waals surface area contributed by atoms with Crippen molar-refractivity contribution in [3.8, 4) is 16.9 Å². The van der Waals surface area contributed by atoms with Crippen molar-refractivity contribution < 1.29 is 14.7 Å². The van der Waals surface area contributed by atoms with Crippen LogP contribution >= 0.6 is 0 Å². The third-order valence-corrected chi connectivity index (χ3v) is 2.77. The average Bonchev–Trinajstić information content (AvgIpc) is 2.39. The highest BCUT2D eigenvalue weighted by atomic mass is 16.3. The fourth-order valence-corrected chi connectivity index (χ4v) is 1.86. The first kappa shape index (κ1) is 12.0. The van der Waals surface area contributed by atoms with Crippen molar-refractivity contribution >= 4 is 12.1 Å². The normalized spacial score (nSPS) is 10.1. The molecule has 3 heteroatoms. The number of aldehydes is 1. The number of hydrogen-bond acceptors (Lipinski definition) is 3. The molecule has 2 aromatic carbocycles. The van der Waals surface area contributed by atoms with Crippen LogP contribution in [0.2, 0.25) is 0 Å². The maximum Gasteiger partial charge on any atom is 0.160 e. The molecule has 2 rings (SSSR count). The summed E-state index contributed by atoms with van der Waals surface area (Å²) in [5, 5.41) is 9.46. The smallest absolute Gasteiger partial charge is 0.160 e. The number of hydrogen-bond donors (Lipinski definition) is 1. The third-order valence-electron chi connectivity index (χ3n) is 2.77. The predicted octanol–water partition coefficient (Wildman–Crippen LogP) is 3.07. The summed E-state index contributed by atoms with van der Waals surface area (Å²) in [6, 6.07) is 11.9. The Morgan fingerprint density at radius 2 is 1.89 bits per heavy atom. The number of rotatable bonds is 3. The lowest BCUT2D eigenvalue weighted by Crippen LogP contribution is -1.96. The Labute approximate surface area is 105 Å². The van der Waals surface area contributed by atoms with Gasteiger partial charge in [-0.1, -0.05) is 30.3 Å². The molecule has 0 heterocycles. The molecule has 0 saturated heterocycles. The van der Waals surface area contributed by atoms with E-state index in [1.54, 1.807) is 24.3 Å². The minimum atomic E-state index is -0.0611. The Hall–Kier alpha value is -2.42. The van der Waals surface area contributed by atoms with Crippen LogP contribution in [0.15, 0.2) is 42.5 Å². The minimum absolute atomic E-state index is 0.0358. The summed E-state index contributed by atoms with van der Waals surface area (Å²) in [6.45, 7) is 1.50. The number of phenolic OH excluding ortho intramolecular Hbond substituents is 1. The van der Waals surface area contributed by atoms with Crippen LogP contribution in [0.4, 0.5) is 0 Å². The molecule has 0 amide bonds. The summed E-state index contributed by atoms with van der Waals surface area (Å²) in [5.41, 5.74) is 2.31. The molecule has 0 aliphatic carbocycles. The first-order chi connectivity index (χ1) is 8.63. The number of benzene rings is 2. The zero-order chi connectivity index (χ0) is 13.1. The number of phenols is 1. The summed E-state index contributed by atoms with van der Waals surface area (Å²) in [7, 11) is 0. The monoisotopic (exact) mass is 240 g/mol. The van der Waals surface area contributed by atoms with Crippen LogP contribution in [0.5, 0.6) is 5.75 Å². The Kier molecular flexibility index (Phi) is 3.24. The maximum absolute atomic E-state index is 11.5. The van der Waals surface area contributed by atoms with E-state index in [1.165, 1.54) is 13.0 Å². The highest BCUT2D eigenvalue weighted by Crippen LogP contribution is 2.27. The SMILES string of the molecule is CC(=O)c1ccccc1-c1ccc(O)c(C=O)c1. The Morgan fingerprint density at radius 3 is 2.56 bits per heavy atom. The molecule has 3 nitrogen and oxygen atoms in total. The van der Waals surface area contributed by atoms with Crippen molar-refractivity contribution in [1.82, 2.24) is 0 Å². The molecule has 0 bridgehead atoms. The van der Waals surface area contributed by atoms with Crippen molar-refractivity contribution in [2.24, 2.45) is 0 Å². The molecule has 0 fully saturated rings. The molecular formula is C15H12O3. The molecule has 0 unspecified atom stereocenters. The first-order valence-corrected chi connectivity index (χ1v) is 5.52. The highest BCUT2D eigenvalue weighted by Gasteiger charge is 2.10. The van der Waals surface area contributed by atoms with E-state index >= 15 is 0 Å². The van der Waals surface area contributed by atoms with Crippen LogP contribution in [0.1, 0.15) is 27.6 Å². The quantitative estimate of drug-likeness (QED) is 0.662. The van der Waals surface area contributed by atoms with Crippen molar-refractivity contribution in [2.45, 2.75) is 6.92 Å². The van der Waals surface area contributed by atoms with Gasteiger partial charge in [0.05, 0.1) is 5.56 Å². The van der Waals surface area contributed by atoms with Crippen molar-refractivity contribution in [2.75, 3.05) is 0 Å². The van der Waals surface area contributed by atoms with Gasteiger partial charge in [0.25, 0.3) is 0 Å². The van der Waals surface area contributed by atoms with E-state index in [0.29, 0.717) is 11.8 Å². The van der Waals surface area contributed by atoms with Gasteiger partial charge in [-0.3, -0.25) is 9.59 Å². The van der Waals surface area contributed by atoms with Gasteiger partial charge >= 0.3 is 0 Å². The summed E-state index contributed by atoms with van der Waals surface area (Å²) in [6.07, 6.45) is 0.592. The fraction of sp³-hybridized carbons (Fsp3) is 0.0667. The van der Waals surface area contributed by atoms with E-state index < -0.39 is 0 Å². The standard InChI is InChI=1S/C15H12O3/c1-10(17)13-4-2-3-5-14(13)11-6-7-15(18)12(8-11)9-16/h2-9,18H,1H3. The van der Waals surface area contributed by atoms with Gasteiger partial charge in [-0.25, -0.2) is 0 Å². The van der Waals surface area contributed by atoms with Crippen molar-refractivity contribution in [3.63, 3.8) is 0 Å². The van der Waals surface area contributed by atoms with E-state index in [1.807, 2.05) is 12.1 Å². The van der Waals surface area contributed by atoms with Gasteiger partial charge in [-0.05, 0) is 30.2 Å². The van der Waals surface area contributed by atoms with E-state index in [0.717, 1.165) is 11.1 Å². The second kappa shape index (κ2) is 4.84. The van der Waals surface area contributed by atoms with Gasteiger partial charge in [0, 0.05) is 5.56 Å². The molecule has 0 radical (unpaired) electrons. The number of carbonyl (C=O) groups is 2. The molecule has 90 valence electrons. The zero-order valence-electron chi connectivity index (χ0n) is 9.88. The highest BCUT2D eigenvalue weighted by molar-refractivity contribution is 6.01. The lowest BCUT2D eigenvalue weighted by molar-refractivity contribution is 0.101.